The fraction of sp³-hybridized carbons (Fsp3) is 0.650. The molecule has 0 bridgehead atoms. The number of fused-ring (bicyclic) bond motifs is 1. The summed E-state index contributed by atoms with van der Waals surface area (Å²) in [6, 6.07) is 11.1. The van der Waals surface area contributed by atoms with E-state index in [4.69, 9.17) is 0 Å². The van der Waals surface area contributed by atoms with Crippen LogP contribution in [0.5, 0.6) is 0 Å². The molecule has 3 heterocycles. The van der Waals surface area contributed by atoms with Gasteiger partial charge in [0.2, 0.25) is 0 Å². The van der Waals surface area contributed by atoms with E-state index in [9.17, 15) is 4.79 Å². The molecule has 1 aromatic rings. The minimum absolute atomic E-state index is 0.0540. The van der Waals surface area contributed by atoms with E-state index in [0.717, 1.165) is 24.8 Å². The predicted molar refractivity (Wildman–Crippen MR) is 101 cm³/mol. The van der Waals surface area contributed by atoms with Crippen LogP contribution in [0.2, 0.25) is 0 Å². The number of anilines is 1. The lowest BCUT2D eigenvalue weighted by atomic mass is 9.87. The highest BCUT2D eigenvalue weighted by atomic mass is 16.2. The summed E-state index contributed by atoms with van der Waals surface area (Å²) in [5.74, 6) is 0.676. The van der Waals surface area contributed by atoms with Crippen LogP contribution in [0.15, 0.2) is 30.3 Å². The summed E-state index contributed by atoms with van der Waals surface area (Å²) in [7, 11) is 0. The van der Waals surface area contributed by atoms with Crippen molar-refractivity contribution in [2.24, 2.45) is 5.92 Å². The van der Waals surface area contributed by atoms with Crippen LogP contribution in [0.1, 0.15) is 26.2 Å². The minimum Gasteiger partial charge on any atom is -0.323 e. The monoisotopic (exact) mass is 342 g/mol. The Morgan fingerprint density at radius 1 is 1.12 bits per heavy atom. The van der Waals surface area contributed by atoms with E-state index in [0.29, 0.717) is 12.0 Å². The lowest BCUT2D eigenvalue weighted by Gasteiger charge is -2.50. The van der Waals surface area contributed by atoms with Crippen molar-refractivity contribution in [1.29, 1.82) is 0 Å². The zero-order valence-electron chi connectivity index (χ0n) is 15.2. The smallest absolute Gasteiger partial charge is 0.321 e. The Bertz CT molecular complexity index is 585. The highest BCUT2D eigenvalue weighted by molar-refractivity contribution is 5.89. The van der Waals surface area contributed by atoms with Gasteiger partial charge in [0.25, 0.3) is 0 Å². The fourth-order valence-electron chi connectivity index (χ4n) is 4.78. The van der Waals surface area contributed by atoms with Gasteiger partial charge in [0.05, 0.1) is 0 Å². The Morgan fingerprint density at radius 2 is 1.88 bits per heavy atom. The fourth-order valence-corrected chi connectivity index (χ4v) is 4.78. The van der Waals surface area contributed by atoms with Gasteiger partial charge in [-0.1, -0.05) is 25.1 Å². The van der Waals surface area contributed by atoms with Gasteiger partial charge in [-0.05, 0) is 51.0 Å². The van der Waals surface area contributed by atoms with Crippen molar-refractivity contribution in [3.63, 3.8) is 0 Å². The maximum absolute atomic E-state index is 12.5. The number of likely N-dealkylation sites (tertiary alicyclic amines) is 3. The Kier molecular flexibility index (Phi) is 4.95. The second kappa shape index (κ2) is 7.34. The molecule has 25 heavy (non-hydrogen) atoms. The number of carbonyl (C=O) groups is 1. The van der Waals surface area contributed by atoms with Crippen molar-refractivity contribution in [3.05, 3.63) is 30.3 Å². The molecular weight excluding hydrogens is 312 g/mol. The van der Waals surface area contributed by atoms with Gasteiger partial charge in [-0.15, -0.1) is 0 Å². The van der Waals surface area contributed by atoms with E-state index < -0.39 is 0 Å². The summed E-state index contributed by atoms with van der Waals surface area (Å²) in [4.78, 5) is 19.8. The molecule has 5 heteroatoms. The van der Waals surface area contributed by atoms with Gasteiger partial charge < -0.3 is 15.1 Å². The molecule has 4 rings (SSSR count). The van der Waals surface area contributed by atoms with Gasteiger partial charge in [0.15, 0.2) is 0 Å². The summed E-state index contributed by atoms with van der Waals surface area (Å²) >= 11 is 0. The molecule has 2 amide bonds. The van der Waals surface area contributed by atoms with Crippen molar-refractivity contribution >= 4 is 11.7 Å². The summed E-state index contributed by atoms with van der Waals surface area (Å²) in [6.07, 6.45) is 3.84. The Balaban J connectivity index is 1.27. The van der Waals surface area contributed by atoms with Crippen molar-refractivity contribution < 1.29 is 4.79 Å². The van der Waals surface area contributed by atoms with Crippen molar-refractivity contribution in [2.45, 2.75) is 38.3 Å². The molecule has 0 unspecified atom stereocenters. The molecule has 1 N–H and O–H groups in total. The number of hydrogen-bond donors (Lipinski definition) is 1. The second-order valence-electron chi connectivity index (χ2n) is 7.80. The first-order valence-electron chi connectivity index (χ1n) is 9.83. The average Bonchev–Trinajstić information content (AvgIpc) is 2.95. The van der Waals surface area contributed by atoms with Gasteiger partial charge in [-0.3, -0.25) is 4.90 Å². The molecule has 0 aromatic heterocycles. The molecule has 3 fully saturated rings. The van der Waals surface area contributed by atoms with Crippen molar-refractivity contribution in [1.82, 2.24) is 14.7 Å². The van der Waals surface area contributed by atoms with Crippen LogP contribution in [0.3, 0.4) is 0 Å². The van der Waals surface area contributed by atoms with Crippen LogP contribution >= 0.6 is 0 Å². The van der Waals surface area contributed by atoms with Crippen molar-refractivity contribution in [3.8, 4) is 0 Å². The van der Waals surface area contributed by atoms with Crippen LogP contribution in [-0.4, -0.2) is 72.1 Å². The molecule has 0 spiro atoms. The molecule has 3 saturated heterocycles. The quantitative estimate of drug-likeness (QED) is 0.914. The standard InChI is InChI=1S/C20H30N4O/c1-2-10-22-11-8-18(9-12-22)24-14-16-13-23(15-19(16)24)20(25)21-17-6-4-3-5-7-17/h3-7,16,18-19H,2,8-15H2,1H3,(H,21,25)/t16-,19-/m0/s1. The van der Waals surface area contributed by atoms with Crippen LogP contribution in [0.4, 0.5) is 10.5 Å². The number of nitrogens with one attached hydrogen (secondary N) is 1. The Morgan fingerprint density at radius 3 is 2.60 bits per heavy atom. The highest BCUT2D eigenvalue weighted by Crippen LogP contribution is 2.36. The lowest BCUT2D eigenvalue weighted by Crippen LogP contribution is -2.61. The van der Waals surface area contributed by atoms with Gasteiger partial charge in [0, 0.05) is 43.3 Å². The maximum atomic E-state index is 12.5. The topological polar surface area (TPSA) is 38.8 Å². The molecule has 3 aliphatic rings. The van der Waals surface area contributed by atoms with E-state index in [1.54, 1.807) is 0 Å². The third-order valence-corrected chi connectivity index (χ3v) is 6.16. The van der Waals surface area contributed by atoms with E-state index in [1.807, 2.05) is 35.2 Å². The number of carbonyl (C=O) groups excluding carboxylic acids is 1. The van der Waals surface area contributed by atoms with Crippen LogP contribution in [-0.2, 0) is 0 Å². The molecule has 136 valence electrons. The van der Waals surface area contributed by atoms with E-state index in [1.165, 1.54) is 45.4 Å². The lowest BCUT2D eigenvalue weighted by molar-refractivity contribution is -0.0168. The molecule has 2 atom stereocenters. The van der Waals surface area contributed by atoms with Crippen LogP contribution < -0.4 is 5.32 Å². The first-order valence-corrected chi connectivity index (χ1v) is 9.83. The third kappa shape index (κ3) is 3.53. The van der Waals surface area contributed by atoms with Crippen LogP contribution in [0, 0.1) is 5.92 Å². The molecule has 5 nitrogen and oxygen atoms in total. The number of para-hydroxylation sites is 1. The molecular formula is C20H30N4O. The maximum Gasteiger partial charge on any atom is 0.321 e. The minimum atomic E-state index is 0.0540. The van der Waals surface area contributed by atoms with E-state index in [2.05, 4.69) is 22.0 Å². The summed E-state index contributed by atoms with van der Waals surface area (Å²) in [6.45, 7) is 8.96. The number of benzene rings is 1. The number of nitrogens with zero attached hydrogens (tertiary/aromatic N) is 3. The van der Waals surface area contributed by atoms with E-state index >= 15 is 0 Å². The summed E-state index contributed by atoms with van der Waals surface area (Å²) < 4.78 is 0. The predicted octanol–water partition coefficient (Wildman–Crippen LogP) is 2.71. The first kappa shape index (κ1) is 16.9. The number of urea groups is 1. The zero-order chi connectivity index (χ0) is 17.2. The highest BCUT2D eigenvalue weighted by Gasteiger charge is 2.49. The average molecular weight is 342 g/mol. The van der Waals surface area contributed by atoms with Gasteiger partial charge in [-0.25, -0.2) is 4.79 Å². The number of hydrogen-bond acceptors (Lipinski definition) is 3. The number of amides is 2. The number of piperidine rings is 1. The van der Waals surface area contributed by atoms with E-state index in [-0.39, 0.29) is 6.03 Å². The normalized spacial score (nSPS) is 27.8. The molecule has 1 aromatic carbocycles. The molecule has 0 saturated carbocycles. The SMILES string of the molecule is CCCN1CCC(N2C[C@@H]3CN(C(=O)Nc4ccccc4)C[C@@H]32)CC1. The Labute approximate surface area is 151 Å². The zero-order valence-corrected chi connectivity index (χ0v) is 15.2. The molecule has 3 aliphatic heterocycles. The van der Waals surface area contributed by atoms with Gasteiger partial charge >= 0.3 is 6.03 Å². The van der Waals surface area contributed by atoms with Crippen molar-refractivity contribution in [2.75, 3.05) is 44.6 Å². The summed E-state index contributed by atoms with van der Waals surface area (Å²) in [5, 5.41) is 3.03. The molecule has 0 radical (unpaired) electrons. The summed E-state index contributed by atoms with van der Waals surface area (Å²) in [5.41, 5.74) is 0.881. The molecule has 0 aliphatic carbocycles. The number of rotatable bonds is 4. The third-order valence-electron chi connectivity index (χ3n) is 6.16. The Hall–Kier alpha value is -1.59. The first-order chi connectivity index (χ1) is 12.2. The van der Waals surface area contributed by atoms with Gasteiger partial charge in [0.1, 0.15) is 0 Å². The largest absolute Gasteiger partial charge is 0.323 e. The van der Waals surface area contributed by atoms with Gasteiger partial charge in [-0.2, -0.15) is 0 Å². The van der Waals surface area contributed by atoms with Crippen LogP contribution in [0.25, 0.3) is 0 Å². The second-order valence-corrected chi connectivity index (χ2v) is 7.80.